The molecule has 2 aromatic rings. The molecular formula is C20H16N2O4. The molecule has 1 amide bonds. The molecule has 0 unspecified atom stereocenters. The number of carbonyl (C=O) groups excluding carboxylic acids is 2. The summed E-state index contributed by atoms with van der Waals surface area (Å²) in [4.78, 5) is 33.8. The minimum absolute atomic E-state index is 0.000753. The van der Waals surface area contributed by atoms with Crippen molar-refractivity contribution in [3.8, 4) is 11.1 Å². The Labute approximate surface area is 150 Å². The summed E-state index contributed by atoms with van der Waals surface area (Å²) in [7, 11) is 0. The number of nitro benzene ring substituents is 1. The molecule has 1 N–H and O–H groups in total. The van der Waals surface area contributed by atoms with Crippen molar-refractivity contribution in [3.05, 3.63) is 87.6 Å². The Morgan fingerprint density at radius 3 is 2.38 bits per heavy atom. The molecule has 0 atom stereocenters. The van der Waals surface area contributed by atoms with Crippen LogP contribution in [0.2, 0.25) is 0 Å². The molecule has 1 aliphatic carbocycles. The van der Waals surface area contributed by atoms with Crippen LogP contribution in [-0.4, -0.2) is 17.1 Å². The van der Waals surface area contributed by atoms with Crippen molar-refractivity contribution in [2.24, 2.45) is 0 Å². The van der Waals surface area contributed by atoms with Gasteiger partial charge in [-0.05, 0) is 53.8 Å². The maximum absolute atomic E-state index is 12.7. The normalized spacial score (nSPS) is 13.4. The fourth-order valence-corrected chi connectivity index (χ4v) is 2.76. The maximum atomic E-state index is 12.7. The van der Waals surface area contributed by atoms with E-state index in [9.17, 15) is 19.7 Å². The third-order valence-corrected chi connectivity index (χ3v) is 4.17. The Bertz CT molecular complexity index is 927. The quantitative estimate of drug-likeness (QED) is 0.506. The van der Waals surface area contributed by atoms with Gasteiger partial charge in [0.2, 0.25) is 0 Å². The first-order valence-electron chi connectivity index (χ1n) is 8.08. The van der Waals surface area contributed by atoms with Crippen molar-refractivity contribution in [1.29, 1.82) is 0 Å². The molecule has 0 fully saturated rings. The lowest BCUT2D eigenvalue weighted by molar-refractivity contribution is -0.384. The molecular weight excluding hydrogens is 332 g/mol. The van der Waals surface area contributed by atoms with E-state index < -0.39 is 4.92 Å². The SMILES string of the molecule is O=CC1=CC=C(NC(=O)c2ccccc2-c2ccc([N+](=O)[O-])cc2)CC1. The van der Waals surface area contributed by atoms with Crippen molar-refractivity contribution in [2.45, 2.75) is 12.8 Å². The summed E-state index contributed by atoms with van der Waals surface area (Å²) >= 11 is 0. The van der Waals surface area contributed by atoms with Crippen LogP contribution in [0.1, 0.15) is 23.2 Å². The van der Waals surface area contributed by atoms with E-state index in [0.29, 0.717) is 29.5 Å². The number of allylic oxidation sites excluding steroid dienone is 4. The Morgan fingerprint density at radius 1 is 1.04 bits per heavy atom. The first kappa shape index (κ1) is 17.3. The van der Waals surface area contributed by atoms with Crippen LogP contribution in [0.25, 0.3) is 11.1 Å². The van der Waals surface area contributed by atoms with E-state index >= 15 is 0 Å². The van der Waals surface area contributed by atoms with Gasteiger partial charge in [-0.1, -0.05) is 24.3 Å². The second-order valence-corrected chi connectivity index (χ2v) is 5.86. The fraction of sp³-hybridized carbons (Fsp3) is 0.100. The summed E-state index contributed by atoms with van der Waals surface area (Å²) in [5.74, 6) is -0.256. The van der Waals surface area contributed by atoms with Gasteiger partial charge in [-0.15, -0.1) is 0 Å². The number of carbonyl (C=O) groups is 2. The highest BCUT2D eigenvalue weighted by Crippen LogP contribution is 2.26. The molecule has 130 valence electrons. The van der Waals surface area contributed by atoms with Gasteiger partial charge < -0.3 is 5.32 Å². The highest BCUT2D eigenvalue weighted by molar-refractivity contribution is 6.01. The molecule has 1 aliphatic rings. The largest absolute Gasteiger partial charge is 0.326 e. The molecule has 26 heavy (non-hydrogen) atoms. The van der Waals surface area contributed by atoms with Crippen LogP contribution < -0.4 is 5.32 Å². The molecule has 3 rings (SSSR count). The Hall–Kier alpha value is -3.54. The molecule has 0 bridgehead atoms. The van der Waals surface area contributed by atoms with Crippen LogP contribution >= 0.6 is 0 Å². The number of nitrogens with one attached hydrogen (secondary N) is 1. The van der Waals surface area contributed by atoms with Crippen LogP contribution in [0.4, 0.5) is 5.69 Å². The highest BCUT2D eigenvalue weighted by Gasteiger charge is 2.15. The second kappa shape index (κ2) is 7.57. The number of hydrogen-bond acceptors (Lipinski definition) is 4. The number of rotatable bonds is 5. The Balaban J connectivity index is 1.86. The number of amides is 1. The van der Waals surface area contributed by atoms with Gasteiger partial charge in [0.05, 0.1) is 4.92 Å². The minimum Gasteiger partial charge on any atom is -0.326 e. The van der Waals surface area contributed by atoms with E-state index in [4.69, 9.17) is 0 Å². The Morgan fingerprint density at radius 2 is 1.77 bits per heavy atom. The number of hydrogen-bond donors (Lipinski definition) is 1. The lowest BCUT2D eigenvalue weighted by Crippen LogP contribution is -2.24. The molecule has 0 saturated heterocycles. The zero-order valence-electron chi connectivity index (χ0n) is 13.8. The summed E-state index contributed by atoms with van der Waals surface area (Å²) in [6.07, 6.45) is 5.45. The zero-order chi connectivity index (χ0) is 18.5. The molecule has 0 radical (unpaired) electrons. The highest BCUT2D eigenvalue weighted by atomic mass is 16.6. The van der Waals surface area contributed by atoms with Crippen molar-refractivity contribution in [2.75, 3.05) is 0 Å². The summed E-state index contributed by atoms with van der Waals surface area (Å²) in [6.45, 7) is 0. The van der Waals surface area contributed by atoms with Crippen molar-refractivity contribution >= 4 is 17.9 Å². The third kappa shape index (κ3) is 3.75. The van der Waals surface area contributed by atoms with Gasteiger partial charge in [0.15, 0.2) is 0 Å². The van der Waals surface area contributed by atoms with Gasteiger partial charge in [-0.25, -0.2) is 0 Å². The lowest BCUT2D eigenvalue weighted by atomic mass is 9.98. The Kier molecular flexibility index (Phi) is 5.03. The second-order valence-electron chi connectivity index (χ2n) is 5.86. The minimum atomic E-state index is -0.459. The van der Waals surface area contributed by atoms with E-state index in [0.717, 1.165) is 17.5 Å². The van der Waals surface area contributed by atoms with Gasteiger partial charge in [0.25, 0.3) is 11.6 Å². The molecule has 0 heterocycles. The number of benzene rings is 2. The predicted octanol–water partition coefficient (Wildman–Crippen LogP) is 3.79. The molecule has 0 spiro atoms. The lowest BCUT2D eigenvalue weighted by Gasteiger charge is -2.15. The fourth-order valence-electron chi connectivity index (χ4n) is 2.76. The number of non-ortho nitro benzene ring substituents is 1. The molecule has 0 aliphatic heterocycles. The average Bonchev–Trinajstić information content (AvgIpc) is 2.68. The number of aldehydes is 1. The van der Waals surface area contributed by atoms with E-state index in [1.54, 1.807) is 42.5 Å². The van der Waals surface area contributed by atoms with Gasteiger partial charge in [-0.2, -0.15) is 0 Å². The van der Waals surface area contributed by atoms with Gasteiger partial charge in [-0.3, -0.25) is 19.7 Å². The first-order valence-corrected chi connectivity index (χ1v) is 8.08. The smallest absolute Gasteiger partial charge is 0.269 e. The van der Waals surface area contributed by atoms with E-state index in [-0.39, 0.29) is 11.6 Å². The van der Waals surface area contributed by atoms with E-state index in [1.165, 1.54) is 12.1 Å². The van der Waals surface area contributed by atoms with Crippen LogP contribution in [0.3, 0.4) is 0 Å². The van der Waals surface area contributed by atoms with Gasteiger partial charge in [0.1, 0.15) is 6.29 Å². The van der Waals surface area contributed by atoms with Crippen molar-refractivity contribution < 1.29 is 14.5 Å². The van der Waals surface area contributed by atoms with Gasteiger partial charge >= 0.3 is 0 Å². The van der Waals surface area contributed by atoms with Crippen molar-refractivity contribution in [3.63, 3.8) is 0 Å². The predicted molar refractivity (Wildman–Crippen MR) is 97.5 cm³/mol. The molecule has 0 saturated carbocycles. The van der Waals surface area contributed by atoms with Crippen molar-refractivity contribution in [1.82, 2.24) is 5.32 Å². The van der Waals surface area contributed by atoms with E-state index in [2.05, 4.69) is 5.32 Å². The summed E-state index contributed by atoms with van der Waals surface area (Å²) in [5.41, 5.74) is 3.35. The van der Waals surface area contributed by atoms with Crippen LogP contribution in [-0.2, 0) is 4.79 Å². The summed E-state index contributed by atoms with van der Waals surface area (Å²) in [6, 6.07) is 13.2. The molecule has 6 heteroatoms. The monoisotopic (exact) mass is 348 g/mol. The number of nitrogens with zero attached hydrogens (tertiary/aromatic N) is 1. The molecule has 0 aromatic heterocycles. The maximum Gasteiger partial charge on any atom is 0.269 e. The van der Waals surface area contributed by atoms with Crippen LogP contribution in [0.15, 0.2) is 72.0 Å². The molecule has 6 nitrogen and oxygen atoms in total. The van der Waals surface area contributed by atoms with Crippen LogP contribution in [0, 0.1) is 10.1 Å². The van der Waals surface area contributed by atoms with E-state index in [1.807, 2.05) is 6.07 Å². The standard InChI is InChI=1S/C20H16N2O4/c23-13-14-5-9-16(10-6-14)21-20(24)19-4-2-1-3-18(19)15-7-11-17(12-8-15)22(25)26/h1-5,7-9,11-13H,6,10H2,(H,21,24). The summed E-state index contributed by atoms with van der Waals surface area (Å²) < 4.78 is 0. The topological polar surface area (TPSA) is 89.3 Å². The van der Waals surface area contributed by atoms with Gasteiger partial charge in [0, 0.05) is 23.4 Å². The third-order valence-electron chi connectivity index (χ3n) is 4.17. The first-order chi connectivity index (χ1) is 12.6. The van der Waals surface area contributed by atoms with Crippen LogP contribution in [0.5, 0.6) is 0 Å². The zero-order valence-corrected chi connectivity index (χ0v) is 13.8. The summed E-state index contributed by atoms with van der Waals surface area (Å²) in [5, 5.41) is 13.7. The average molecular weight is 348 g/mol. The molecule has 2 aromatic carbocycles. The number of nitro groups is 1.